The van der Waals surface area contributed by atoms with Crippen molar-refractivity contribution in [3.63, 3.8) is 0 Å². The van der Waals surface area contributed by atoms with Gasteiger partial charge in [-0.05, 0) is 17.5 Å². The summed E-state index contributed by atoms with van der Waals surface area (Å²) in [5, 5.41) is 23.3. The molecule has 4 N–H and O–H groups in total. The van der Waals surface area contributed by atoms with Crippen molar-refractivity contribution in [1.82, 2.24) is 14.5 Å². The minimum atomic E-state index is -0.786. The summed E-state index contributed by atoms with van der Waals surface area (Å²) in [4.78, 5) is 20.2. The molecule has 0 amide bonds. The molecule has 8 nitrogen and oxygen atoms in total. The Morgan fingerprint density at radius 2 is 2.10 bits per heavy atom. The van der Waals surface area contributed by atoms with Crippen molar-refractivity contribution in [1.29, 1.82) is 0 Å². The Morgan fingerprint density at radius 1 is 1.34 bits per heavy atom. The number of hydrogen-bond donors (Lipinski definition) is 4. The van der Waals surface area contributed by atoms with Crippen LogP contribution in [0.25, 0.3) is 22.3 Å². The van der Waals surface area contributed by atoms with Crippen LogP contribution in [0, 0.1) is 5.92 Å². The Kier molecular flexibility index (Phi) is 5.40. The number of hydrogen-bond acceptors (Lipinski definition) is 6. The van der Waals surface area contributed by atoms with E-state index in [2.05, 4.69) is 29.1 Å². The van der Waals surface area contributed by atoms with Gasteiger partial charge in [0.1, 0.15) is 12.3 Å². The molecule has 1 saturated heterocycles. The summed E-state index contributed by atoms with van der Waals surface area (Å²) < 4.78 is 7.75. The van der Waals surface area contributed by atoms with Crippen molar-refractivity contribution < 1.29 is 14.9 Å². The number of anilines is 1. The maximum atomic E-state index is 12.8. The number of nitrogens with one attached hydrogen (secondary N) is 2. The van der Waals surface area contributed by atoms with Crippen molar-refractivity contribution in [2.75, 3.05) is 18.5 Å². The smallest absolute Gasteiger partial charge is 0.261 e. The molecule has 2 aromatic heterocycles. The number of aromatic nitrogens is 3. The van der Waals surface area contributed by atoms with E-state index in [0.717, 1.165) is 11.3 Å². The van der Waals surface area contributed by atoms with Crippen molar-refractivity contribution in [2.45, 2.75) is 38.7 Å². The van der Waals surface area contributed by atoms with Gasteiger partial charge in [-0.3, -0.25) is 14.3 Å². The molecular formula is C21H26N4O4. The van der Waals surface area contributed by atoms with Crippen LogP contribution >= 0.6 is 0 Å². The first-order chi connectivity index (χ1) is 14.0. The van der Waals surface area contributed by atoms with Gasteiger partial charge >= 0.3 is 0 Å². The van der Waals surface area contributed by atoms with Crippen LogP contribution in [0.3, 0.4) is 0 Å². The Balaban J connectivity index is 1.88. The zero-order valence-electron chi connectivity index (χ0n) is 16.5. The van der Waals surface area contributed by atoms with Gasteiger partial charge in [-0.15, -0.1) is 0 Å². The molecule has 3 heterocycles. The molecule has 1 fully saturated rings. The van der Waals surface area contributed by atoms with Gasteiger partial charge in [0, 0.05) is 13.0 Å². The average Bonchev–Trinajstić information content (AvgIpc) is 3.27. The van der Waals surface area contributed by atoms with Crippen molar-refractivity contribution >= 4 is 17.0 Å². The molecule has 0 aliphatic carbocycles. The van der Waals surface area contributed by atoms with Crippen LogP contribution in [-0.2, 0) is 4.74 Å². The summed E-state index contributed by atoms with van der Waals surface area (Å²) in [7, 11) is 0. The van der Waals surface area contributed by atoms with Gasteiger partial charge in [-0.25, -0.2) is 0 Å². The summed E-state index contributed by atoms with van der Waals surface area (Å²) in [6, 6.07) is 11.5. The lowest BCUT2D eigenvalue weighted by Crippen LogP contribution is -2.24. The molecule has 0 unspecified atom stereocenters. The lowest BCUT2D eigenvalue weighted by atomic mass is 10.1. The predicted octanol–water partition coefficient (Wildman–Crippen LogP) is 2.10. The zero-order valence-corrected chi connectivity index (χ0v) is 16.5. The quantitative estimate of drug-likeness (QED) is 0.506. The highest BCUT2D eigenvalue weighted by Gasteiger charge is 2.36. The van der Waals surface area contributed by atoms with Gasteiger partial charge in [-0.1, -0.05) is 44.2 Å². The Labute approximate surface area is 168 Å². The van der Waals surface area contributed by atoms with Gasteiger partial charge < -0.3 is 20.3 Å². The maximum Gasteiger partial charge on any atom is 0.261 e. The Hall–Kier alpha value is -2.68. The largest absolute Gasteiger partial charge is 0.394 e. The van der Waals surface area contributed by atoms with Crippen LogP contribution in [-0.4, -0.2) is 50.1 Å². The third-order valence-electron chi connectivity index (χ3n) is 5.12. The van der Waals surface area contributed by atoms with Crippen molar-refractivity contribution in [3.05, 3.63) is 46.8 Å². The van der Waals surface area contributed by atoms with Crippen LogP contribution in [0.1, 0.15) is 26.5 Å². The highest BCUT2D eigenvalue weighted by molar-refractivity contribution is 5.84. The van der Waals surface area contributed by atoms with Crippen LogP contribution in [0.4, 0.5) is 5.95 Å². The number of aromatic amines is 1. The molecular weight excluding hydrogens is 372 g/mol. The predicted molar refractivity (Wildman–Crippen MR) is 111 cm³/mol. The minimum Gasteiger partial charge on any atom is -0.394 e. The third-order valence-corrected chi connectivity index (χ3v) is 5.12. The number of ether oxygens (including phenoxy) is 1. The van der Waals surface area contributed by atoms with E-state index >= 15 is 0 Å². The molecule has 4 rings (SSSR count). The number of aliphatic hydroxyl groups excluding tert-OH is 2. The minimum absolute atomic E-state index is 0.241. The average molecular weight is 398 g/mol. The van der Waals surface area contributed by atoms with Gasteiger partial charge in [0.15, 0.2) is 5.65 Å². The summed E-state index contributed by atoms with van der Waals surface area (Å²) in [6.07, 6.45) is -1.69. The number of rotatable bonds is 6. The van der Waals surface area contributed by atoms with E-state index in [1.807, 2.05) is 34.9 Å². The SMILES string of the molecule is CC(C)CNc1nc2c(cc(-c3ccccc3)n2[C@H]2C[C@H](O)[C@@H](CO)O2)c(=O)[nH]1. The normalized spacial score (nSPS) is 21.9. The molecule has 3 atom stereocenters. The first-order valence-electron chi connectivity index (χ1n) is 9.87. The summed E-state index contributed by atoms with van der Waals surface area (Å²) in [5.41, 5.74) is 1.92. The molecule has 1 aliphatic rings. The topological polar surface area (TPSA) is 112 Å². The standard InChI is InChI=1S/C21H26N4O4/c1-12(2)10-22-21-23-19-14(20(28)24-21)8-15(13-6-4-3-5-7-13)25(19)18-9-16(27)17(11-26)29-18/h3-8,12,16-18,26-27H,9-11H2,1-2H3,(H2,22,23,24,28)/t16-,17+,18+/m0/s1. The monoisotopic (exact) mass is 398 g/mol. The molecule has 0 saturated carbocycles. The van der Waals surface area contributed by atoms with Crippen LogP contribution in [0.2, 0.25) is 0 Å². The van der Waals surface area contributed by atoms with E-state index in [9.17, 15) is 15.0 Å². The second kappa shape index (κ2) is 7.98. The number of H-pyrrole nitrogens is 1. The van der Waals surface area contributed by atoms with E-state index in [-0.39, 0.29) is 12.2 Å². The lowest BCUT2D eigenvalue weighted by molar-refractivity contribution is -0.0425. The molecule has 1 aromatic carbocycles. The van der Waals surface area contributed by atoms with Gasteiger partial charge in [0.25, 0.3) is 5.56 Å². The van der Waals surface area contributed by atoms with Crippen molar-refractivity contribution in [3.8, 4) is 11.3 Å². The van der Waals surface area contributed by atoms with Crippen LogP contribution in [0.15, 0.2) is 41.2 Å². The lowest BCUT2D eigenvalue weighted by Gasteiger charge is -2.18. The van der Waals surface area contributed by atoms with E-state index in [0.29, 0.717) is 35.9 Å². The molecule has 29 heavy (non-hydrogen) atoms. The molecule has 0 radical (unpaired) electrons. The number of benzene rings is 1. The van der Waals surface area contributed by atoms with E-state index in [1.54, 1.807) is 6.07 Å². The zero-order chi connectivity index (χ0) is 20.5. The molecule has 0 bridgehead atoms. The second-order valence-electron chi connectivity index (χ2n) is 7.81. The van der Waals surface area contributed by atoms with E-state index in [1.165, 1.54) is 0 Å². The summed E-state index contributed by atoms with van der Waals surface area (Å²) in [6.45, 7) is 4.55. The number of nitrogens with zero attached hydrogens (tertiary/aromatic N) is 2. The van der Waals surface area contributed by atoms with Gasteiger partial charge in [0.2, 0.25) is 5.95 Å². The van der Waals surface area contributed by atoms with Gasteiger partial charge in [-0.2, -0.15) is 4.98 Å². The van der Waals surface area contributed by atoms with Crippen LogP contribution in [0.5, 0.6) is 0 Å². The first kappa shape index (κ1) is 19.6. The maximum absolute atomic E-state index is 12.8. The molecule has 8 heteroatoms. The number of aliphatic hydroxyl groups is 2. The van der Waals surface area contributed by atoms with Gasteiger partial charge in [0.05, 0.1) is 23.8 Å². The Morgan fingerprint density at radius 3 is 2.76 bits per heavy atom. The highest BCUT2D eigenvalue weighted by Crippen LogP contribution is 2.36. The van der Waals surface area contributed by atoms with Crippen LogP contribution < -0.4 is 10.9 Å². The first-order valence-corrected chi connectivity index (χ1v) is 9.87. The highest BCUT2D eigenvalue weighted by atomic mass is 16.5. The molecule has 0 spiro atoms. The second-order valence-corrected chi connectivity index (χ2v) is 7.81. The summed E-state index contributed by atoms with van der Waals surface area (Å²) >= 11 is 0. The van der Waals surface area contributed by atoms with Crippen molar-refractivity contribution in [2.24, 2.45) is 5.92 Å². The fraction of sp³-hybridized carbons (Fsp3) is 0.429. The molecule has 3 aromatic rings. The third kappa shape index (κ3) is 3.78. The fourth-order valence-electron chi connectivity index (χ4n) is 3.65. The number of fused-ring (bicyclic) bond motifs is 1. The summed E-state index contributed by atoms with van der Waals surface area (Å²) in [5.74, 6) is 0.786. The van der Waals surface area contributed by atoms with E-state index in [4.69, 9.17) is 4.74 Å². The Bertz CT molecular complexity index is 1040. The van der Waals surface area contributed by atoms with E-state index < -0.39 is 18.4 Å². The molecule has 154 valence electrons. The fourth-order valence-corrected chi connectivity index (χ4v) is 3.65. The molecule has 1 aliphatic heterocycles.